The van der Waals surface area contributed by atoms with Crippen molar-refractivity contribution in [2.45, 2.75) is 25.2 Å². The lowest BCUT2D eigenvalue weighted by Gasteiger charge is -2.61. The first-order chi connectivity index (χ1) is 13.5. The topological polar surface area (TPSA) is 96.0 Å². The van der Waals surface area contributed by atoms with Crippen molar-refractivity contribution < 1.29 is 46.4 Å². The van der Waals surface area contributed by atoms with Gasteiger partial charge < -0.3 is 0 Å². The Balaban J connectivity index is 1.59. The number of piperazine rings is 2. The van der Waals surface area contributed by atoms with E-state index < -0.39 is 22.2 Å². The largest absolute Gasteiger partial charge is 0.249 e. The van der Waals surface area contributed by atoms with Gasteiger partial charge in [-0.1, -0.05) is 8.67 Å². The highest BCUT2D eigenvalue weighted by Crippen LogP contribution is 2.42. The summed E-state index contributed by atoms with van der Waals surface area (Å²) in [6.07, 6.45) is 4.52. The van der Waals surface area contributed by atoms with Crippen molar-refractivity contribution in [3.8, 4) is 0 Å². The molecule has 0 N–H and O–H groups in total. The molecule has 0 bridgehead atoms. The Morgan fingerprint density at radius 1 is 0.714 bits per heavy atom. The van der Waals surface area contributed by atoms with E-state index in [1.54, 1.807) is 0 Å². The third kappa shape index (κ3) is 3.93. The Morgan fingerprint density at radius 2 is 1.14 bits per heavy atom. The van der Waals surface area contributed by atoms with Gasteiger partial charge >= 0.3 is 0 Å². The van der Waals surface area contributed by atoms with Gasteiger partial charge in [0.05, 0.1) is 13.1 Å². The summed E-state index contributed by atoms with van der Waals surface area (Å²) in [6.45, 7) is 6.42. The fraction of sp³-hybridized carbons (Fsp3) is 1.00. The quantitative estimate of drug-likeness (QED) is 0.260. The molecule has 4 aliphatic heterocycles. The van der Waals surface area contributed by atoms with Gasteiger partial charge in [0.2, 0.25) is 12.3 Å². The zero-order valence-corrected chi connectivity index (χ0v) is 17.7. The van der Waals surface area contributed by atoms with E-state index in [1.165, 1.54) is 12.5 Å². The average Bonchev–Trinajstić information content (AvgIpc) is 2.66. The van der Waals surface area contributed by atoms with Gasteiger partial charge in [0.15, 0.2) is 22.2 Å². The second kappa shape index (κ2) is 8.56. The lowest BCUT2D eigenvalue weighted by Crippen LogP contribution is -2.87. The molecule has 28 heavy (non-hydrogen) atoms. The molecule has 6 atom stereocenters. The SMILES string of the molecule is CS(=O)OOO[N+]12CCCN3CC[N+]4(OOOS(C)=O)CCCN(CC1)[C@H]4[C@H]32. The molecule has 4 rings (SSSR count). The second-order valence-corrected chi connectivity index (χ2v) is 9.51. The van der Waals surface area contributed by atoms with Crippen molar-refractivity contribution in [2.24, 2.45) is 0 Å². The Bertz CT molecular complexity index is 580. The molecule has 0 aliphatic carbocycles. The van der Waals surface area contributed by atoms with E-state index in [-0.39, 0.29) is 21.6 Å². The van der Waals surface area contributed by atoms with E-state index >= 15 is 0 Å². The Labute approximate surface area is 168 Å². The van der Waals surface area contributed by atoms with Crippen LogP contribution in [0.5, 0.6) is 0 Å². The van der Waals surface area contributed by atoms with Gasteiger partial charge in [0, 0.05) is 58.5 Å². The van der Waals surface area contributed by atoms with Crippen LogP contribution in [0.3, 0.4) is 0 Å². The molecule has 14 heteroatoms. The van der Waals surface area contributed by atoms with Gasteiger partial charge in [-0.15, -0.1) is 9.29 Å². The normalized spacial score (nSPS) is 40.6. The molecule has 4 saturated heterocycles. The first-order valence-electron chi connectivity index (χ1n) is 9.41. The molecular weight excluding hydrogens is 416 g/mol. The molecule has 12 nitrogen and oxygen atoms in total. The average molecular weight is 445 g/mol. The van der Waals surface area contributed by atoms with E-state index in [4.69, 9.17) is 28.7 Å². The summed E-state index contributed by atoms with van der Waals surface area (Å²) in [7, 11) is 0. The van der Waals surface area contributed by atoms with Gasteiger partial charge in [-0.2, -0.15) is 0 Å². The summed E-state index contributed by atoms with van der Waals surface area (Å²) in [5.74, 6) is 0. The van der Waals surface area contributed by atoms with Crippen LogP contribution in [-0.4, -0.2) is 105 Å². The van der Waals surface area contributed by atoms with Crippen molar-refractivity contribution >= 4 is 22.2 Å². The third-order valence-electron chi connectivity index (χ3n) is 6.08. The molecule has 4 aliphatic rings. The van der Waals surface area contributed by atoms with E-state index in [1.807, 2.05) is 0 Å². The number of hydrogen-bond donors (Lipinski definition) is 0. The van der Waals surface area contributed by atoms with Crippen molar-refractivity contribution in [1.29, 1.82) is 0 Å². The van der Waals surface area contributed by atoms with E-state index in [9.17, 15) is 8.42 Å². The summed E-state index contributed by atoms with van der Waals surface area (Å²) >= 11 is -3.17. The maximum Gasteiger partial charge on any atom is 0.249 e. The molecule has 0 aromatic carbocycles. The number of nitrogens with zero attached hydrogens (tertiary/aromatic N) is 4. The lowest BCUT2D eigenvalue weighted by atomic mass is 10.00. The van der Waals surface area contributed by atoms with Crippen LogP contribution < -0.4 is 0 Å². The van der Waals surface area contributed by atoms with Crippen LogP contribution in [0.15, 0.2) is 0 Å². The zero-order chi connectivity index (χ0) is 19.8. The van der Waals surface area contributed by atoms with Crippen LogP contribution in [0.1, 0.15) is 12.8 Å². The van der Waals surface area contributed by atoms with Crippen LogP contribution in [0, 0.1) is 0 Å². The van der Waals surface area contributed by atoms with Crippen molar-refractivity contribution in [3.05, 3.63) is 0 Å². The van der Waals surface area contributed by atoms with Crippen LogP contribution in [0.4, 0.5) is 0 Å². The molecule has 0 aromatic rings. The first-order valence-corrected chi connectivity index (χ1v) is 12.4. The monoisotopic (exact) mass is 444 g/mol. The highest BCUT2D eigenvalue weighted by molar-refractivity contribution is 7.79. The van der Waals surface area contributed by atoms with Crippen LogP contribution >= 0.6 is 0 Å². The highest BCUT2D eigenvalue weighted by atomic mass is 32.2. The molecule has 0 amide bonds. The molecule has 0 spiro atoms. The molecule has 0 radical (unpaired) electrons. The Morgan fingerprint density at radius 3 is 1.54 bits per heavy atom. The van der Waals surface area contributed by atoms with Crippen molar-refractivity contribution in [3.63, 3.8) is 0 Å². The minimum absolute atomic E-state index is 0.0684. The molecule has 0 aromatic heterocycles. The molecular formula is C14H28N4O8S2+2. The van der Waals surface area contributed by atoms with Gasteiger partial charge in [-0.05, 0) is 0 Å². The molecule has 162 valence electrons. The van der Waals surface area contributed by atoms with Gasteiger partial charge in [-0.3, -0.25) is 0 Å². The smallest absolute Gasteiger partial charge is 0.239 e. The van der Waals surface area contributed by atoms with E-state index in [0.717, 1.165) is 52.1 Å². The Hall–Kier alpha value is -0.100. The molecule has 0 saturated carbocycles. The summed E-state index contributed by atoms with van der Waals surface area (Å²) in [5.41, 5.74) is 0. The highest BCUT2D eigenvalue weighted by Gasteiger charge is 2.68. The van der Waals surface area contributed by atoms with Crippen LogP contribution in [0.25, 0.3) is 0 Å². The first kappa shape index (κ1) is 21.1. The minimum Gasteiger partial charge on any atom is -0.239 e. The van der Waals surface area contributed by atoms with Gasteiger partial charge in [0.1, 0.15) is 26.2 Å². The summed E-state index contributed by atoms with van der Waals surface area (Å²) in [5, 5.41) is 9.82. The third-order valence-corrected chi connectivity index (χ3v) is 6.57. The fourth-order valence-electron chi connectivity index (χ4n) is 5.10. The van der Waals surface area contributed by atoms with Crippen molar-refractivity contribution in [1.82, 2.24) is 9.80 Å². The van der Waals surface area contributed by atoms with Crippen LogP contribution in [0.2, 0.25) is 0 Å². The number of quaternary nitrogens is 2. The maximum atomic E-state index is 11.2. The Kier molecular flexibility index (Phi) is 6.47. The standard InChI is InChI=1S/C14H28N4O8S2/c1-27(19)25-23-21-17-9-3-5-15-8-12-18(22-24-26-28(2)20)10-4-6-16(7-11-17)14(18)13(15)17/h13-14H,3-12H2,1-2H3/q+2/t13-,14-,17?,18?,27?,28?/m1/s1. The number of rotatable bonds is 8. The van der Waals surface area contributed by atoms with Gasteiger partial charge in [-0.25, -0.2) is 18.2 Å². The summed E-state index contributed by atoms with van der Waals surface area (Å²) in [6, 6.07) is 0. The van der Waals surface area contributed by atoms with E-state index in [0.29, 0.717) is 13.1 Å². The van der Waals surface area contributed by atoms with E-state index in [2.05, 4.69) is 9.80 Å². The molecule has 4 heterocycles. The predicted molar refractivity (Wildman–Crippen MR) is 94.6 cm³/mol. The molecule has 4 unspecified atom stereocenters. The predicted octanol–water partition coefficient (Wildman–Crippen LogP) is -1.11. The maximum absolute atomic E-state index is 11.2. The molecule has 4 fully saturated rings. The number of hydroxylamine groups is 6. The number of hydrogen-bond acceptors (Lipinski definition) is 10. The van der Waals surface area contributed by atoms with Crippen molar-refractivity contribution in [2.75, 3.05) is 64.9 Å². The lowest BCUT2D eigenvalue weighted by molar-refractivity contribution is -1.25. The van der Waals surface area contributed by atoms with Gasteiger partial charge in [0.25, 0.3) is 0 Å². The second-order valence-electron chi connectivity index (χ2n) is 7.63. The summed E-state index contributed by atoms with van der Waals surface area (Å²) in [4.78, 5) is 16.3. The zero-order valence-electron chi connectivity index (χ0n) is 16.1. The minimum atomic E-state index is -1.59. The summed E-state index contributed by atoms with van der Waals surface area (Å²) < 4.78 is 32.3. The fourth-order valence-corrected chi connectivity index (χ4v) is 5.31. The van der Waals surface area contributed by atoms with Crippen LogP contribution in [-0.2, 0) is 50.9 Å².